The standard InChI is InChI=1S/C13H18F3N3O3S2/c1-8-6-23-7-10(8)17-12(20)19-4-9(13(14,15)16)11(5-19)24(21,22)18(2)3/h6-7,9,11H,4-5H2,1-3H3,(H,17,20)/t9-,11-/m1/s1. The number of carbonyl (C=O) groups excluding carboxylic acids is 1. The van der Waals surface area contributed by atoms with Gasteiger partial charge < -0.3 is 10.2 Å². The molecule has 1 saturated heterocycles. The van der Waals surface area contributed by atoms with E-state index in [-0.39, 0.29) is 0 Å². The van der Waals surface area contributed by atoms with Crippen molar-refractivity contribution in [2.75, 3.05) is 32.5 Å². The van der Waals surface area contributed by atoms with Gasteiger partial charge in [-0.2, -0.15) is 13.2 Å². The number of halogens is 3. The van der Waals surface area contributed by atoms with E-state index in [4.69, 9.17) is 0 Å². The molecule has 136 valence electrons. The molecule has 0 bridgehead atoms. The topological polar surface area (TPSA) is 69.7 Å². The second-order valence-electron chi connectivity index (χ2n) is 5.82. The number of urea groups is 1. The fraction of sp³-hybridized carbons (Fsp3) is 0.615. The van der Waals surface area contributed by atoms with Crippen molar-refractivity contribution >= 4 is 33.1 Å². The van der Waals surface area contributed by atoms with E-state index >= 15 is 0 Å². The van der Waals surface area contributed by atoms with Crippen LogP contribution in [0.15, 0.2) is 10.8 Å². The second kappa shape index (κ2) is 6.52. The van der Waals surface area contributed by atoms with Crippen molar-refractivity contribution in [2.45, 2.75) is 18.3 Å². The maximum absolute atomic E-state index is 13.2. The number of nitrogens with zero attached hydrogens (tertiary/aromatic N) is 2. The van der Waals surface area contributed by atoms with E-state index in [0.717, 1.165) is 14.8 Å². The first-order valence-corrected chi connectivity index (χ1v) is 9.46. The van der Waals surface area contributed by atoms with Gasteiger partial charge in [0.05, 0.1) is 11.6 Å². The molecular formula is C13H18F3N3O3S2. The van der Waals surface area contributed by atoms with Gasteiger partial charge in [0.25, 0.3) is 0 Å². The lowest BCUT2D eigenvalue weighted by atomic mass is 10.1. The van der Waals surface area contributed by atoms with E-state index in [1.54, 1.807) is 17.7 Å². The highest BCUT2D eigenvalue weighted by Gasteiger charge is 2.56. The average Bonchev–Trinajstić information content (AvgIpc) is 3.05. The summed E-state index contributed by atoms with van der Waals surface area (Å²) in [6.07, 6.45) is -4.71. The molecule has 0 unspecified atom stereocenters. The van der Waals surface area contributed by atoms with Gasteiger partial charge in [-0.25, -0.2) is 17.5 Å². The molecule has 1 aliphatic rings. The first-order chi connectivity index (χ1) is 10.9. The molecule has 2 rings (SSSR count). The Morgan fingerprint density at radius 1 is 1.33 bits per heavy atom. The lowest BCUT2D eigenvalue weighted by Gasteiger charge is -2.23. The molecule has 0 aromatic carbocycles. The molecule has 11 heteroatoms. The molecule has 2 amide bonds. The highest BCUT2D eigenvalue weighted by Crippen LogP contribution is 2.38. The van der Waals surface area contributed by atoms with Gasteiger partial charge in [-0.3, -0.25) is 0 Å². The molecule has 2 heterocycles. The maximum Gasteiger partial charge on any atom is 0.394 e. The first kappa shape index (κ1) is 19.0. The van der Waals surface area contributed by atoms with Crippen molar-refractivity contribution in [2.24, 2.45) is 5.92 Å². The van der Waals surface area contributed by atoms with Gasteiger partial charge >= 0.3 is 12.2 Å². The number of hydrogen-bond acceptors (Lipinski definition) is 4. The van der Waals surface area contributed by atoms with E-state index in [1.165, 1.54) is 25.4 Å². The van der Waals surface area contributed by atoms with Crippen LogP contribution in [-0.4, -0.2) is 62.3 Å². The number of anilines is 1. The summed E-state index contributed by atoms with van der Waals surface area (Å²) in [5.41, 5.74) is 1.30. The van der Waals surface area contributed by atoms with Crippen molar-refractivity contribution in [3.63, 3.8) is 0 Å². The minimum atomic E-state index is -4.71. The molecule has 0 aliphatic carbocycles. The Hall–Kier alpha value is -1.33. The third-order valence-corrected chi connectivity index (χ3v) is 7.08. The summed E-state index contributed by atoms with van der Waals surface area (Å²) in [4.78, 5) is 13.1. The Bertz CT molecular complexity index is 716. The molecule has 2 atom stereocenters. The zero-order chi connectivity index (χ0) is 18.3. The average molecular weight is 385 g/mol. The third-order valence-electron chi connectivity index (χ3n) is 3.96. The van der Waals surface area contributed by atoms with Crippen LogP contribution in [0.3, 0.4) is 0 Å². The van der Waals surface area contributed by atoms with E-state index in [9.17, 15) is 26.4 Å². The molecule has 0 spiro atoms. The number of thiophene rings is 1. The van der Waals surface area contributed by atoms with E-state index in [1.807, 2.05) is 0 Å². The zero-order valence-electron chi connectivity index (χ0n) is 13.3. The largest absolute Gasteiger partial charge is 0.394 e. The van der Waals surface area contributed by atoms with Crippen molar-refractivity contribution in [1.29, 1.82) is 0 Å². The van der Waals surface area contributed by atoms with Crippen molar-refractivity contribution in [3.05, 3.63) is 16.3 Å². The van der Waals surface area contributed by atoms with Gasteiger partial charge in [-0.15, -0.1) is 11.3 Å². The van der Waals surface area contributed by atoms with Crippen LogP contribution in [0.2, 0.25) is 0 Å². The summed E-state index contributed by atoms with van der Waals surface area (Å²) < 4.78 is 64.9. The number of rotatable bonds is 3. The van der Waals surface area contributed by atoms with Crippen molar-refractivity contribution < 1.29 is 26.4 Å². The molecule has 1 N–H and O–H groups in total. The molecule has 1 fully saturated rings. The monoisotopic (exact) mass is 385 g/mol. The number of aryl methyl sites for hydroxylation is 1. The van der Waals surface area contributed by atoms with Crippen molar-refractivity contribution in [3.8, 4) is 0 Å². The molecule has 24 heavy (non-hydrogen) atoms. The van der Waals surface area contributed by atoms with Gasteiger partial charge in [0.2, 0.25) is 10.0 Å². The number of sulfonamides is 1. The van der Waals surface area contributed by atoms with Gasteiger partial charge in [-0.05, 0) is 17.9 Å². The second-order valence-corrected chi connectivity index (χ2v) is 8.93. The molecule has 1 aliphatic heterocycles. The lowest BCUT2D eigenvalue weighted by molar-refractivity contribution is -0.169. The molecule has 1 aromatic rings. The van der Waals surface area contributed by atoms with Crippen LogP contribution < -0.4 is 5.32 Å². The molecule has 0 saturated carbocycles. The molecular weight excluding hydrogens is 367 g/mol. The van der Waals surface area contributed by atoms with E-state index in [0.29, 0.717) is 5.69 Å². The summed E-state index contributed by atoms with van der Waals surface area (Å²) in [5.74, 6) is -2.11. The molecule has 6 nitrogen and oxygen atoms in total. The number of likely N-dealkylation sites (tertiary alicyclic amines) is 1. The normalized spacial score (nSPS) is 22.2. The van der Waals surface area contributed by atoms with Crippen LogP contribution in [0.4, 0.5) is 23.7 Å². The Morgan fingerprint density at radius 2 is 1.96 bits per heavy atom. The summed E-state index contributed by atoms with van der Waals surface area (Å²) in [7, 11) is -1.79. The Balaban J connectivity index is 2.23. The maximum atomic E-state index is 13.2. The number of nitrogens with one attached hydrogen (secondary N) is 1. The Labute approximate surface area is 142 Å². The van der Waals surface area contributed by atoms with Gasteiger partial charge in [0, 0.05) is 32.6 Å². The predicted octanol–water partition coefficient (Wildman–Crippen LogP) is 2.34. The minimum Gasteiger partial charge on any atom is -0.322 e. The third kappa shape index (κ3) is 3.67. The first-order valence-electron chi connectivity index (χ1n) is 7.01. The van der Waals surface area contributed by atoms with Crippen LogP contribution >= 0.6 is 11.3 Å². The Morgan fingerprint density at radius 3 is 2.42 bits per heavy atom. The number of hydrogen-bond donors (Lipinski definition) is 1. The summed E-state index contributed by atoms with van der Waals surface area (Å²) in [6.45, 7) is 0.573. The highest BCUT2D eigenvalue weighted by atomic mass is 32.2. The predicted molar refractivity (Wildman–Crippen MR) is 85.6 cm³/mol. The fourth-order valence-electron chi connectivity index (χ4n) is 2.51. The SMILES string of the molecule is Cc1cscc1NC(=O)N1C[C@@H](C(F)(F)F)[C@H](S(=O)(=O)N(C)C)C1. The summed E-state index contributed by atoms with van der Waals surface area (Å²) in [6, 6.07) is -0.734. The van der Waals surface area contributed by atoms with E-state index in [2.05, 4.69) is 5.32 Å². The summed E-state index contributed by atoms with van der Waals surface area (Å²) >= 11 is 1.35. The lowest BCUT2D eigenvalue weighted by Crippen LogP contribution is -2.43. The van der Waals surface area contributed by atoms with Crippen LogP contribution in [0.25, 0.3) is 0 Å². The van der Waals surface area contributed by atoms with Crippen LogP contribution in [0.1, 0.15) is 5.56 Å². The van der Waals surface area contributed by atoms with Gasteiger partial charge in [-0.1, -0.05) is 0 Å². The fourth-order valence-corrected chi connectivity index (χ4v) is 4.86. The van der Waals surface area contributed by atoms with Gasteiger partial charge in [0.1, 0.15) is 5.25 Å². The zero-order valence-corrected chi connectivity index (χ0v) is 14.9. The minimum absolute atomic E-state index is 0.500. The number of alkyl halides is 3. The smallest absolute Gasteiger partial charge is 0.322 e. The van der Waals surface area contributed by atoms with Crippen LogP contribution in [0.5, 0.6) is 0 Å². The number of carbonyl (C=O) groups is 1. The van der Waals surface area contributed by atoms with Gasteiger partial charge in [0.15, 0.2) is 0 Å². The Kier molecular flexibility index (Phi) is 5.17. The molecule has 1 aromatic heterocycles. The quantitative estimate of drug-likeness (QED) is 0.868. The van der Waals surface area contributed by atoms with Crippen LogP contribution in [-0.2, 0) is 10.0 Å². The van der Waals surface area contributed by atoms with Crippen LogP contribution in [0, 0.1) is 12.8 Å². The molecule has 0 radical (unpaired) electrons. The number of amides is 2. The summed E-state index contributed by atoms with van der Waals surface area (Å²) in [5, 5.41) is 4.27. The highest BCUT2D eigenvalue weighted by molar-refractivity contribution is 7.89. The van der Waals surface area contributed by atoms with Crippen molar-refractivity contribution in [1.82, 2.24) is 9.21 Å². The van der Waals surface area contributed by atoms with E-state index < -0.39 is 46.5 Å².